The number of hydrogen-bond donors (Lipinski definition) is 1. The highest BCUT2D eigenvalue weighted by molar-refractivity contribution is 5.86. The van der Waals surface area contributed by atoms with E-state index in [-0.39, 0.29) is 18.0 Å². The number of allylic oxidation sites excluding steroid dienone is 1. The number of hydrogen-bond acceptors (Lipinski definition) is 5. The number of carbonyl (C=O) groups is 1. The molecule has 8 heteroatoms. The van der Waals surface area contributed by atoms with Crippen LogP contribution < -0.4 is 5.32 Å². The van der Waals surface area contributed by atoms with Crippen LogP contribution in [0.1, 0.15) is 57.2 Å². The number of carbonyl (C=O) groups excluding carboxylic acids is 1. The fourth-order valence-corrected chi connectivity index (χ4v) is 4.11. The van der Waals surface area contributed by atoms with Crippen LogP contribution in [0.2, 0.25) is 0 Å². The van der Waals surface area contributed by atoms with E-state index in [9.17, 15) is 9.18 Å². The van der Waals surface area contributed by atoms with Gasteiger partial charge in [0.15, 0.2) is 0 Å². The SMILES string of the molecule is CCc1ccc(-c2noc(C3=C(C)N(CCCOC(C)C)C(=O)NC3c3ccc(F)cc3)n2)cc1. The predicted octanol–water partition coefficient (Wildman–Crippen LogP) is 5.75. The average Bonchev–Trinajstić information content (AvgIpc) is 3.33. The molecule has 3 aromatic rings. The van der Waals surface area contributed by atoms with Gasteiger partial charge in [-0.1, -0.05) is 48.5 Å². The number of urea groups is 1. The monoisotopic (exact) mass is 478 g/mol. The summed E-state index contributed by atoms with van der Waals surface area (Å²) in [7, 11) is 0. The van der Waals surface area contributed by atoms with Crippen LogP contribution in [0.15, 0.2) is 58.8 Å². The van der Waals surface area contributed by atoms with Crippen LogP contribution >= 0.6 is 0 Å². The Labute approximate surface area is 205 Å². The highest BCUT2D eigenvalue weighted by Crippen LogP contribution is 2.37. The normalized spacial score (nSPS) is 16.2. The number of ether oxygens (including phenoxy) is 1. The Morgan fingerprint density at radius 3 is 2.51 bits per heavy atom. The fourth-order valence-electron chi connectivity index (χ4n) is 4.11. The standard InChI is InChI=1S/C27H31FN4O3/c1-5-19-7-9-21(10-8-19)25-30-26(35-31-25)23-18(4)32(15-6-16-34-17(2)3)27(33)29-24(23)20-11-13-22(28)14-12-20/h7-14,17,24H,5-6,15-16H2,1-4H3,(H,29,33). The van der Waals surface area contributed by atoms with Crippen molar-refractivity contribution in [2.75, 3.05) is 13.2 Å². The van der Waals surface area contributed by atoms with Crippen molar-refractivity contribution in [3.63, 3.8) is 0 Å². The maximum atomic E-state index is 13.6. The Balaban J connectivity index is 1.69. The lowest BCUT2D eigenvalue weighted by Crippen LogP contribution is -2.46. The zero-order valence-electron chi connectivity index (χ0n) is 20.5. The Morgan fingerprint density at radius 2 is 1.86 bits per heavy atom. The number of benzene rings is 2. The van der Waals surface area contributed by atoms with E-state index < -0.39 is 6.04 Å². The number of rotatable bonds is 9. The number of aryl methyl sites for hydroxylation is 1. The maximum absolute atomic E-state index is 13.6. The summed E-state index contributed by atoms with van der Waals surface area (Å²) < 4.78 is 24.9. The first-order valence-electron chi connectivity index (χ1n) is 12.0. The molecule has 2 aromatic carbocycles. The smallest absolute Gasteiger partial charge is 0.322 e. The molecule has 35 heavy (non-hydrogen) atoms. The van der Waals surface area contributed by atoms with Gasteiger partial charge in [-0.15, -0.1) is 0 Å². The highest BCUT2D eigenvalue weighted by atomic mass is 19.1. The molecule has 1 aromatic heterocycles. The molecule has 0 bridgehead atoms. The molecule has 0 spiro atoms. The molecule has 1 N–H and O–H groups in total. The van der Waals surface area contributed by atoms with Gasteiger partial charge in [0.1, 0.15) is 5.82 Å². The predicted molar refractivity (Wildman–Crippen MR) is 132 cm³/mol. The largest absolute Gasteiger partial charge is 0.379 e. The fraction of sp³-hybridized carbons (Fsp3) is 0.370. The minimum Gasteiger partial charge on any atom is -0.379 e. The summed E-state index contributed by atoms with van der Waals surface area (Å²) in [6.07, 6.45) is 1.75. The van der Waals surface area contributed by atoms with Crippen LogP contribution in [-0.2, 0) is 11.2 Å². The zero-order valence-corrected chi connectivity index (χ0v) is 20.5. The van der Waals surface area contributed by atoms with Gasteiger partial charge in [-0.2, -0.15) is 4.98 Å². The molecular formula is C27H31FN4O3. The molecule has 1 aliphatic rings. The van der Waals surface area contributed by atoms with Gasteiger partial charge in [0.05, 0.1) is 17.7 Å². The van der Waals surface area contributed by atoms with Crippen LogP contribution in [-0.4, -0.2) is 40.3 Å². The molecule has 2 amide bonds. The molecule has 1 aliphatic heterocycles. The van der Waals surface area contributed by atoms with Crippen molar-refractivity contribution in [2.24, 2.45) is 0 Å². The van der Waals surface area contributed by atoms with E-state index in [1.54, 1.807) is 17.0 Å². The second kappa shape index (κ2) is 10.8. The molecule has 1 atom stereocenters. The van der Waals surface area contributed by atoms with Crippen molar-refractivity contribution >= 4 is 11.6 Å². The average molecular weight is 479 g/mol. The van der Waals surface area contributed by atoms with Crippen LogP contribution in [0, 0.1) is 5.82 Å². The number of halogens is 1. The minimum absolute atomic E-state index is 0.128. The van der Waals surface area contributed by atoms with Gasteiger partial charge >= 0.3 is 6.03 Å². The third-order valence-electron chi connectivity index (χ3n) is 6.05. The molecule has 1 unspecified atom stereocenters. The van der Waals surface area contributed by atoms with E-state index >= 15 is 0 Å². The number of amides is 2. The molecule has 0 radical (unpaired) electrons. The zero-order chi connectivity index (χ0) is 24.9. The van der Waals surface area contributed by atoms with Crippen molar-refractivity contribution in [3.8, 4) is 11.4 Å². The van der Waals surface area contributed by atoms with E-state index in [0.717, 1.165) is 17.5 Å². The number of nitrogens with zero attached hydrogens (tertiary/aromatic N) is 3. The van der Waals surface area contributed by atoms with E-state index in [1.165, 1.54) is 17.7 Å². The van der Waals surface area contributed by atoms with Gasteiger partial charge in [-0.05, 0) is 56.9 Å². The first-order chi connectivity index (χ1) is 16.9. The Bertz CT molecular complexity index is 1190. The summed E-state index contributed by atoms with van der Waals surface area (Å²) in [4.78, 5) is 19.4. The van der Waals surface area contributed by atoms with Crippen molar-refractivity contribution in [1.29, 1.82) is 0 Å². The van der Waals surface area contributed by atoms with Gasteiger partial charge in [0.25, 0.3) is 5.89 Å². The highest BCUT2D eigenvalue weighted by Gasteiger charge is 2.35. The summed E-state index contributed by atoms with van der Waals surface area (Å²) in [6.45, 7) is 8.95. The van der Waals surface area contributed by atoms with E-state index in [0.29, 0.717) is 42.6 Å². The van der Waals surface area contributed by atoms with Gasteiger partial charge in [-0.3, -0.25) is 4.90 Å². The Kier molecular flexibility index (Phi) is 7.60. The van der Waals surface area contributed by atoms with Gasteiger partial charge in [-0.25, -0.2) is 9.18 Å². The van der Waals surface area contributed by atoms with Crippen molar-refractivity contribution in [1.82, 2.24) is 20.4 Å². The van der Waals surface area contributed by atoms with Gasteiger partial charge in [0, 0.05) is 24.4 Å². The first kappa shape index (κ1) is 24.6. The minimum atomic E-state index is -0.554. The second-order valence-corrected chi connectivity index (χ2v) is 8.83. The van der Waals surface area contributed by atoms with Crippen molar-refractivity contribution < 1.29 is 18.4 Å². The summed E-state index contributed by atoms with van der Waals surface area (Å²) in [5, 5.41) is 7.23. The molecule has 0 aliphatic carbocycles. The molecular weight excluding hydrogens is 447 g/mol. The molecule has 0 saturated heterocycles. The quantitative estimate of drug-likeness (QED) is 0.396. The maximum Gasteiger partial charge on any atom is 0.322 e. The summed E-state index contributed by atoms with van der Waals surface area (Å²) >= 11 is 0. The molecule has 7 nitrogen and oxygen atoms in total. The first-order valence-corrected chi connectivity index (χ1v) is 12.0. The van der Waals surface area contributed by atoms with E-state index in [2.05, 4.69) is 22.4 Å². The molecule has 0 fully saturated rings. The van der Waals surface area contributed by atoms with Crippen molar-refractivity contribution in [3.05, 3.63) is 77.1 Å². The second-order valence-electron chi connectivity index (χ2n) is 8.83. The summed E-state index contributed by atoms with van der Waals surface area (Å²) in [6, 6.07) is 13.3. The summed E-state index contributed by atoms with van der Waals surface area (Å²) in [5.74, 6) is 0.435. The van der Waals surface area contributed by atoms with E-state index in [4.69, 9.17) is 9.26 Å². The Morgan fingerprint density at radius 1 is 1.14 bits per heavy atom. The lowest BCUT2D eigenvalue weighted by atomic mass is 9.94. The van der Waals surface area contributed by atoms with Crippen LogP contribution in [0.3, 0.4) is 0 Å². The number of aromatic nitrogens is 2. The third kappa shape index (κ3) is 5.59. The van der Waals surface area contributed by atoms with E-state index in [1.807, 2.05) is 45.0 Å². The van der Waals surface area contributed by atoms with Crippen LogP contribution in [0.25, 0.3) is 17.0 Å². The topological polar surface area (TPSA) is 80.5 Å². The molecule has 184 valence electrons. The van der Waals surface area contributed by atoms with Crippen molar-refractivity contribution in [2.45, 2.75) is 52.7 Å². The third-order valence-corrected chi connectivity index (χ3v) is 6.05. The molecule has 0 saturated carbocycles. The lowest BCUT2D eigenvalue weighted by molar-refractivity contribution is 0.0736. The molecule has 2 heterocycles. The van der Waals surface area contributed by atoms with Gasteiger partial charge in [0.2, 0.25) is 5.82 Å². The summed E-state index contributed by atoms with van der Waals surface area (Å²) in [5.41, 5.74) is 4.19. The van der Waals surface area contributed by atoms with Gasteiger partial charge < -0.3 is 14.6 Å². The number of nitrogens with one attached hydrogen (secondary N) is 1. The lowest BCUT2D eigenvalue weighted by Gasteiger charge is -2.35. The molecule has 4 rings (SSSR count). The van der Waals surface area contributed by atoms with Crippen LogP contribution in [0.5, 0.6) is 0 Å². The van der Waals surface area contributed by atoms with Crippen LogP contribution in [0.4, 0.5) is 9.18 Å². The Hall–Kier alpha value is -3.52.